The van der Waals surface area contributed by atoms with E-state index in [1.807, 2.05) is 29.5 Å². The van der Waals surface area contributed by atoms with Gasteiger partial charge >= 0.3 is 10.3 Å². The van der Waals surface area contributed by atoms with E-state index in [-0.39, 0.29) is 5.92 Å². The van der Waals surface area contributed by atoms with Crippen LogP contribution in [0, 0.1) is 9.75 Å². The van der Waals surface area contributed by atoms with Crippen molar-refractivity contribution in [3.8, 4) is 0 Å². The molecule has 0 aromatic carbocycles. The van der Waals surface area contributed by atoms with Gasteiger partial charge in [0.05, 0.1) is 19.0 Å². The van der Waals surface area contributed by atoms with Crippen LogP contribution in [0.3, 0.4) is 0 Å². The summed E-state index contributed by atoms with van der Waals surface area (Å²) >= 11 is 1.92. The molecule has 2 aromatic rings. The van der Waals surface area contributed by atoms with Gasteiger partial charge in [-0.05, 0) is 5.92 Å². The fourth-order valence-corrected chi connectivity index (χ4v) is 4.46. The van der Waals surface area contributed by atoms with Gasteiger partial charge in [0, 0.05) is 29.6 Å². The molecule has 1 aliphatic heterocycles. The van der Waals surface area contributed by atoms with Gasteiger partial charge in [-0.15, -0.1) is 0 Å². The molecule has 16 heteroatoms. The van der Waals surface area contributed by atoms with Crippen LogP contribution in [0.2, 0.25) is 0 Å². The summed E-state index contributed by atoms with van der Waals surface area (Å²) in [6, 6.07) is -1.03. The van der Waals surface area contributed by atoms with Crippen LogP contribution >= 0.6 is 22.6 Å². The molecule has 33 heavy (non-hydrogen) atoms. The third-order valence-electron chi connectivity index (χ3n) is 5.42. The number of imidazole rings is 1. The lowest BCUT2D eigenvalue weighted by Gasteiger charge is -2.18. The lowest BCUT2D eigenvalue weighted by Crippen LogP contribution is -2.47. The Bertz CT molecular complexity index is 1110. The Morgan fingerprint density at radius 2 is 2.09 bits per heavy atom. The topological polar surface area (TPSA) is 204 Å². The number of aliphatic hydroxyl groups is 2. The summed E-state index contributed by atoms with van der Waals surface area (Å²) in [7, 11) is -2.85. The maximum Gasteiger partial charge on any atom is 0.362 e. The van der Waals surface area contributed by atoms with Gasteiger partial charge in [-0.3, -0.25) is 13.5 Å². The second-order valence-corrected chi connectivity index (χ2v) is 9.89. The van der Waals surface area contributed by atoms with Crippen molar-refractivity contribution in [2.75, 3.05) is 19.0 Å². The molecule has 0 saturated carbocycles. The van der Waals surface area contributed by atoms with E-state index in [9.17, 15) is 23.4 Å². The average molecular weight is 599 g/mol. The third kappa shape index (κ3) is 5.52. The molecule has 0 unspecified atom stereocenters. The van der Waals surface area contributed by atoms with Crippen LogP contribution in [-0.2, 0) is 24.0 Å². The highest BCUT2D eigenvalue weighted by Gasteiger charge is 2.45. The monoisotopic (exact) mass is 599 g/mol. The van der Waals surface area contributed by atoms with Gasteiger partial charge in [0.1, 0.15) is 18.3 Å². The quantitative estimate of drug-likeness (QED) is 0.171. The predicted octanol–water partition coefficient (Wildman–Crippen LogP) is -1.16. The van der Waals surface area contributed by atoms with Crippen LogP contribution in [0.1, 0.15) is 26.5 Å². The van der Waals surface area contributed by atoms with Crippen LogP contribution in [0.5, 0.6) is 0 Å². The summed E-state index contributed by atoms with van der Waals surface area (Å²) in [5, 5.41) is 23.8. The van der Waals surface area contributed by atoms with Gasteiger partial charge in [-0.25, -0.2) is 19.7 Å². The zero-order chi connectivity index (χ0) is 24.5. The van der Waals surface area contributed by atoms with Crippen molar-refractivity contribution in [3.63, 3.8) is 0 Å². The summed E-state index contributed by atoms with van der Waals surface area (Å²) in [5.74, 6) is -0.681. The number of fused-ring (bicyclic) bond motifs is 1. The number of hydrogen-bond acceptors (Lipinski definition) is 12. The highest BCUT2D eigenvalue weighted by Crippen LogP contribution is 2.32. The minimum atomic E-state index is -4.52. The molecule has 0 aliphatic carbocycles. The number of rotatable bonds is 9. The smallest absolute Gasteiger partial charge is 0.362 e. The van der Waals surface area contributed by atoms with E-state index >= 15 is 0 Å². The average Bonchev–Trinajstić information content (AvgIpc) is 3.31. The van der Waals surface area contributed by atoms with Crippen molar-refractivity contribution in [2.24, 2.45) is 11.7 Å². The molecule has 2 aromatic heterocycles. The van der Waals surface area contributed by atoms with Crippen LogP contribution < -0.4 is 15.8 Å². The highest BCUT2D eigenvalue weighted by molar-refractivity contribution is 14.1. The van der Waals surface area contributed by atoms with Crippen molar-refractivity contribution in [1.29, 1.82) is 0 Å². The Morgan fingerprint density at radius 3 is 2.73 bits per heavy atom. The van der Waals surface area contributed by atoms with Gasteiger partial charge in [0.25, 0.3) is 5.91 Å². The Kier molecular flexibility index (Phi) is 8.07. The first-order valence-corrected chi connectivity index (χ1v) is 12.5. The number of halogens is 1. The molecular weight excluding hydrogens is 573 g/mol. The van der Waals surface area contributed by atoms with E-state index in [1.54, 1.807) is 18.7 Å². The summed E-state index contributed by atoms with van der Waals surface area (Å²) in [6.07, 6.45) is -3.30. The molecule has 1 aliphatic rings. The summed E-state index contributed by atoms with van der Waals surface area (Å²) in [4.78, 5) is 24.8. The molecule has 1 fully saturated rings. The van der Waals surface area contributed by atoms with E-state index in [1.165, 1.54) is 10.9 Å². The number of carbonyl (C=O) groups is 1. The standard InChI is InChI=1S/C17H26IN7O7S/c1-4-7(2)9(19)15(28)24-33(29,30)31-5-8-11(26)12(27)16(32-8)25-6-21-10-13(20-3)22-17(18)23-14(10)25/h6-9,11-12,16,26-27H,4-5,19H2,1-3H3,(H,24,28)(H,20,22,23)/t7-,8+,9-,11+,12+,16+/m0/s1. The number of aliphatic hydroxyl groups excluding tert-OH is 2. The molecular formula is C17H26IN7O7S. The Hall–Kier alpha value is -1.70. The number of anilines is 1. The molecule has 6 atom stereocenters. The van der Waals surface area contributed by atoms with Crippen molar-refractivity contribution >= 4 is 55.8 Å². The number of nitrogens with one attached hydrogen (secondary N) is 2. The first-order valence-electron chi connectivity index (χ1n) is 10.0. The van der Waals surface area contributed by atoms with Crippen molar-refractivity contribution in [2.45, 2.75) is 50.8 Å². The molecule has 3 heterocycles. The number of aromatic nitrogens is 4. The fraction of sp³-hybridized carbons (Fsp3) is 0.647. The van der Waals surface area contributed by atoms with Crippen molar-refractivity contribution in [3.05, 3.63) is 10.2 Å². The van der Waals surface area contributed by atoms with Gasteiger partial charge < -0.3 is 26.0 Å². The van der Waals surface area contributed by atoms with Crippen LogP contribution in [-0.4, -0.2) is 82.1 Å². The minimum Gasteiger partial charge on any atom is -0.387 e. The zero-order valence-corrected chi connectivity index (χ0v) is 21.0. The summed E-state index contributed by atoms with van der Waals surface area (Å²) in [5.41, 5.74) is 6.50. The fourth-order valence-electron chi connectivity index (χ4n) is 3.24. The van der Waals surface area contributed by atoms with Gasteiger partial charge in [0.15, 0.2) is 27.0 Å². The molecule has 3 rings (SSSR count). The summed E-state index contributed by atoms with van der Waals surface area (Å²) < 4.78 is 38.3. The van der Waals surface area contributed by atoms with Crippen LogP contribution in [0.4, 0.5) is 5.82 Å². The minimum absolute atomic E-state index is 0.239. The normalized spacial score (nSPS) is 25.2. The molecule has 0 bridgehead atoms. The maximum absolute atomic E-state index is 12.1. The Morgan fingerprint density at radius 1 is 1.39 bits per heavy atom. The molecule has 1 saturated heterocycles. The molecule has 6 N–H and O–H groups in total. The number of nitrogens with two attached hydrogens (primary N) is 1. The van der Waals surface area contributed by atoms with Crippen molar-refractivity contribution < 1.29 is 32.3 Å². The van der Waals surface area contributed by atoms with E-state index in [0.717, 1.165) is 0 Å². The first-order chi connectivity index (χ1) is 15.5. The van der Waals surface area contributed by atoms with Crippen molar-refractivity contribution in [1.82, 2.24) is 24.2 Å². The molecule has 184 valence electrons. The second kappa shape index (κ2) is 10.3. The van der Waals surface area contributed by atoms with E-state index in [0.29, 0.717) is 27.2 Å². The number of hydrogen-bond donors (Lipinski definition) is 5. The van der Waals surface area contributed by atoms with Gasteiger partial charge in [0.2, 0.25) is 0 Å². The lowest BCUT2D eigenvalue weighted by atomic mass is 10.00. The molecule has 0 radical (unpaired) electrons. The first kappa shape index (κ1) is 25.9. The SMILES string of the molecule is CC[C@H](C)[C@H](N)C(=O)NS(=O)(=O)OC[C@H]1O[C@@H](n2cnc3c(NC)nc(I)nc32)[C@H](O)[C@@H]1O. The number of nitrogens with zero attached hydrogens (tertiary/aromatic N) is 4. The lowest BCUT2D eigenvalue weighted by molar-refractivity contribution is -0.121. The Labute approximate surface area is 203 Å². The number of ether oxygens (including phenoxy) is 1. The predicted molar refractivity (Wildman–Crippen MR) is 124 cm³/mol. The summed E-state index contributed by atoms with van der Waals surface area (Å²) in [6.45, 7) is 2.88. The van der Waals surface area contributed by atoms with Gasteiger partial charge in [-0.2, -0.15) is 8.42 Å². The third-order valence-corrected chi connectivity index (χ3v) is 6.80. The van der Waals surface area contributed by atoms with E-state index in [4.69, 9.17) is 14.7 Å². The van der Waals surface area contributed by atoms with E-state index in [2.05, 4.69) is 20.3 Å². The zero-order valence-electron chi connectivity index (χ0n) is 18.0. The highest BCUT2D eigenvalue weighted by atomic mass is 127. The van der Waals surface area contributed by atoms with Crippen LogP contribution in [0.25, 0.3) is 11.2 Å². The molecule has 14 nitrogen and oxygen atoms in total. The largest absolute Gasteiger partial charge is 0.387 e. The van der Waals surface area contributed by atoms with Crippen LogP contribution in [0.15, 0.2) is 6.33 Å². The molecule has 1 amide bonds. The van der Waals surface area contributed by atoms with Gasteiger partial charge in [-0.1, -0.05) is 20.3 Å². The van der Waals surface area contributed by atoms with E-state index < -0.39 is 53.4 Å². The number of amides is 1. The molecule has 0 spiro atoms. The second-order valence-electron chi connectivity index (χ2n) is 7.58. The Balaban J connectivity index is 1.71. The number of carbonyl (C=O) groups excluding carboxylic acids is 1. The maximum atomic E-state index is 12.1.